The van der Waals surface area contributed by atoms with Crippen LogP contribution in [0.3, 0.4) is 0 Å². The molecule has 1 aliphatic rings. The summed E-state index contributed by atoms with van der Waals surface area (Å²) >= 11 is 1.35. The molecule has 3 N–H and O–H groups in total. The molecule has 0 bridgehead atoms. The quantitative estimate of drug-likeness (QED) is 0.649. The van der Waals surface area contributed by atoms with Gasteiger partial charge < -0.3 is 15.2 Å². The van der Waals surface area contributed by atoms with Crippen molar-refractivity contribution in [3.63, 3.8) is 0 Å². The van der Waals surface area contributed by atoms with Gasteiger partial charge in [0.25, 0.3) is 5.56 Å². The zero-order chi connectivity index (χ0) is 18.2. The van der Waals surface area contributed by atoms with Crippen LogP contribution in [-0.4, -0.2) is 39.3 Å². The van der Waals surface area contributed by atoms with Crippen LogP contribution in [-0.2, 0) is 29.1 Å². The Morgan fingerprint density at radius 3 is 2.92 bits per heavy atom. The van der Waals surface area contributed by atoms with Gasteiger partial charge in [0.15, 0.2) is 0 Å². The lowest BCUT2D eigenvalue weighted by atomic mass is 9.94. The number of carbonyl (C=O) groups excluding carboxylic acids is 1. The zero-order valence-electron chi connectivity index (χ0n) is 14.2. The van der Waals surface area contributed by atoms with Gasteiger partial charge in [-0.3, -0.25) is 19.1 Å². The third-order valence-electron chi connectivity index (χ3n) is 4.17. The van der Waals surface area contributed by atoms with Gasteiger partial charge in [0.05, 0.1) is 17.6 Å². The van der Waals surface area contributed by atoms with Crippen molar-refractivity contribution < 1.29 is 14.6 Å². The highest BCUT2D eigenvalue weighted by Gasteiger charge is 2.31. The number of nitrogens with zero attached hydrogens (tertiary/aromatic N) is 1. The summed E-state index contributed by atoms with van der Waals surface area (Å²) in [6.45, 7) is 4.23. The largest absolute Gasteiger partial charge is 0.396 e. The molecule has 8 nitrogen and oxygen atoms in total. The molecule has 1 amide bonds. The van der Waals surface area contributed by atoms with Gasteiger partial charge in [-0.1, -0.05) is 0 Å². The van der Waals surface area contributed by atoms with Crippen LogP contribution in [0.2, 0.25) is 0 Å². The van der Waals surface area contributed by atoms with Crippen molar-refractivity contribution in [2.45, 2.75) is 45.4 Å². The average molecular weight is 367 g/mol. The number of fused-ring (bicyclic) bond motifs is 3. The van der Waals surface area contributed by atoms with Crippen LogP contribution in [0.15, 0.2) is 9.59 Å². The van der Waals surface area contributed by atoms with Crippen molar-refractivity contribution in [1.82, 2.24) is 14.9 Å². The van der Waals surface area contributed by atoms with E-state index in [0.717, 1.165) is 15.0 Å². The first-order chi connectivity index (χ1) is 11.8. The van der Waals surface area contributed by atoms with Gasteiger partial charge in [0.1, 0.15) is 11.4 Å². The highest BCUT2D eigenvalue weighted by molar-refractivity contribution is 7.18. The standard InChI is InChI=1S/C16H21N3O5S/c1-16(2)6-9-10(8-24-16)25-13-12(9)14(22)19(15(23)18-13)7-11(21)17-4-3-5-20/h20H,3-8H2,1-2H3,(H,17,21)(H,18,23). The first kappa shape index (κ1) is 17.8. The summed E-state index contributed by atoms with van der Waals surface area (Å²) in [4.78, 5) is 41.2. The number of thiophene rings is 1. The minimum Gasteiger partial charge on any atom is -0.396 e. The van der Waals surface area contributed by atoms with Crippen LogP contribution in [0.5, 0.6) is 0 Å². The van der Waals surface area contributed by atoms with Crippen LogP contribution in [0.4, 0.5) is 0 Å². The van der Waals surface area contributed by atoms with E-state index in [2.05, 4.69) is 10.3 Å². The van der Waals surface area contributed by atoms with Crippen molar-refractivity contribution >= 4 is 27.5 Å². The summed E-state index contributed by atoms with van der Waals surface area (Å²) in [5.41, 5.74) is -0.539. The van der Waals surface area contributed by atoms with Crippen molar-refractivity contribution in [3.05, 3.63) is 31.3 Å². The van der Waals surface area contributed by atoms with E-state index in [1.165, 1.54) is 11.3 Å². The Labute approximate surface area is 147 Å². The number of nitrogens with one attached hydrogen (secondary N) is 2. The summed E-state index contributed by atoms with van der Waals surface area (Å²) in [5.74, 6) is -0.437. The van der Waals surface area contributed by atoms with Gasteiger partial charge in [-0.15, -0.1) is 11.3 Å². The van der Waals surface area contributed by atoms with Crippen molar-refractivity contribution in [3.8, 4) is 0 Å². The van der Waals surface area contributed by atoms with Gasteiger partial charge in [-0.25, -0.2) is 4.79 Å². The van der Waals surface area contributed by atoms with Crippen molar-refractivity contribution in [2.24, 2.45) is 0 Å². The number of aromatic amines is 1. The van der Waals surface area contributed by atoms with Crippen LogP contribution >= 0.6 is 11.3 Å². The van der Waals surface area contributed by atoms with Crippen LogP contribution < -0.4 is 16.6 Å². The number of rotatable bonds is 5. The van der Waals surface area contributed by atoms with E-state index in [4.69, 9.17) is 9.84 Å². The van der Waals surface area contributed by atoms with E-state index in [0.29, 0.717) is 36.2 Å². The molecular formula is C16H21N3O5S. The third-order valence-corrected chi connectivity index (χ3v) is 5.29. The molecule has 136 valence electrons. The minimum atomic E-state index is -0.603. The molecule has 2 aromatic rings. The monoisotopic (exact) mass is 367 g/mol. The molecule has 1 aliphatic heterocycles. The van der Waals surface area contributed by atoms with Crippen molar-refractivity contribution in [2.75, 3.05) is 13.2 Å². The zero-order valence-corrected chi connectivity index (χ0v) is 15.0. The van der Waals surface area contributed by atoms with Crippen molar-refractivity contribution in [1.29, 1.82) is 0 Å². The Morgan fingerprint density at radius 1 is 1.44 bits per heavy atom. The fourth-order valence-corrected chi connectivity index (χ4v) is 4.02. The Morgan fingerprint density at radius 2 is 2.20 bits per heavy atom. The smallest absolute Gasteiger partial charge is 0.329 e. The highest BCUT2D eigenvalue weighted by atomic mass is 32.1. The van der Waals surface area contributed by atoms with Gasteiger partial charge in [-0.2, -0.15) is 0 Å². The van der Waals surface area contributed by atoms with E-state index in [9.17, 15) is 14.4 Å². The van der Waals surface area contributed by atoms with Crippen LogP contribution in [0.25, 0.3) is 10.2 Å². The molecule has 0 saturated carbocycles. The van der Waals surface area contributed by atoms with E-state index in [1.807, 2.05) is 13.8 Å². The van der Waals surface area contributed by atoms with Gasteiger partial charge in [0.2, 0.25) is 5.91 Å². The molecule has 0 saturated heterocycles. The molecule has 3 heterocycles. The predicted octanol–water partition coefficient (Wildman–Crippen LogP) is 0.101. The SMILES string of the molecule is CC1(C)Cc2c(sc3[nH]c(=O)n(CC(=O)NCCCO)c(=O)c23)CO1. The summed E-state index contributed by atoms with van der Waals surface area (Å²) in [7, 11) is 0. The lowest BCUT2D eigenvalue weighted by molar-refractivity contribution is -0.121. The maximum atomic E-state index is 12.8. The van der Waals surface area contributed by atoms with Crippen LogP contribution in [0, 0.1) is 0 Å². The lowest BCUT2D eigenvalue weighted by Crippen LogP contribution is -2.41. The Balaban J connectivity index is 1.99. The molecule has 0 aromatic carbocycles. The molecule has 3 rings (SSSR count). The van der Waals surface area contributed by atoms with E-state index in [-0.39, 0.29) is 18.8 Å². The number of aliphatic hydroxyl groups excluding tert-OH is 1. The number of aromatic nitrogens is 2. The highest BCUT2D eigenvalue weighted by Crippen LogP contribution is 2.36. The average Bonchev–Trinajstić information content (AvgIpc) is 2.87. The normalized spacial score (nSPS) is 16.0. The number of aliphatic hydroxyl groups is 1. The number of hydrogen-bond donors (Lipinski definition) is 3. The molecule has 0 fully saturated rings. The first-order valence-electron chi connectivity index (χ1n) is 8.11. The summed E-state index contributed by atoms with van der Waals surface area (Å²) in [6, 6.07) is 0. The second kappa shape index (κ2) is 6.74. The minimum absolute atomic E-state index is 0.0360. The fourth-order valence-electron chi connectivity index (χ4n) is 2.91. The topological polar surface area (TPSA) is 113 Å². The number of hydrogen-bond acceptors (Lipinski definition) is 6. The third kappa shape index (κ3) is 3.53. The van der Waals surface area contributed by atoms with E-state index >= 15 is 0 Å². The molecule has 0 radical (unpaired) electrons. The van der Waals surface area contributed by atoms with Gasteiger partial charge >= 0.3 is 5.69 Å². The molecule has 0 spiro atoms. The summed E-state index contributed by atoms with van der Waals surface area (Å²) in [5, 5.41) is 11.8. The molecular weight excluding hydrogens is 346 g/mol. The van der Waals surface area contributed by atoms with E-state index in [1.54, 1.807) is 0 Å². The molecule has 0 aliphatic carbocycles. The number of ether oxygens (including phenoxy) is 1. The summed E-state index contributed by atoms with van der Waals surface area (Å²) in [6.07, 6.45) is 0.996. The maximum absolute atomic E-state index is 12.8. The second-order valence-electron chi connectivity index (χ2n) is 6.68. The number of carbonyl (C=O) groups is 1. The lowest BCUT2D eigenvalue weighted by Gasteiger charge is -2.29. The van der Waals surface area contributed by atoms with Crippen LogP contribution in [0.1, 0.15) is 30.7 Å². The fraction of sp³-hybridized carbons (Fsp3) is 0.562. The van der Waals surface area contributed by atoms with Gasteiger partial charge in [0, 0.05) is 24.4 Å². The number of amides is 1. The Kier molecular flexibility index (Phi) is 4.81. The first-order valence-corrected chi connectivity index (χ1v) is 8.93. The molecule has 2 aromatic heterocycles. The Bertz CT molecular complexity index is 924. The number of H-pyrrole nitrogens is 1. The molecule has 25 heavy (non-hydrogen) atoms. The second-order valence-corrected chi connectivity index (χ2v) is 7.79. The molecule has 0 atom stereocenters. The van der Waals surface area contributed by atoms with E-state index < -0.39 is 17.2 Å². The molecule has 0 unspecified atom stereocenters. The Hall–Kier alpha value is -1.97. The summed E-state index contributed by atoms with van der Waals surface area (Å²) < 4.78 is 6.69. The predicted molar refractivity (Wildman–Crippen MR) is 94.0 cm³/mol. The molecule has 9 heteroatoms. The maximum Gasteiger partial charge on any atom is 0.329 e. The van der Waals surface area contributed by atoms with Gasteiger partial charge in [-0.05, 0) is 25.8 Å².